The third kappa shape index (κ3) is 6.37. The zero-order chi connectivity index (χ0) is 23.2. The molecule has 0 aliphatic carbocycles. The van der Waals surface area contributed by atoms with Crippen molar-refractivity contribution in [2.24, 2.45) is 5.92 Å². The van der Waals surface area contributed by atoms with Crippen molar-refractivity contribution >= 4 is 51.0 Å². The maximum Gasteiger partial charge on any atom is 0.230 e. The third-order valence-corrected chi connectivity index (χ3v) is 8.44. The average molecular weight is 498 g/mol. The van der Waals surface area contributed by atoms with Crippen molar-refractivity contribution in [2.45, 2.75) is 48.6 Å². The zero-order valence-corrected chi connectivity index (χ0v) is 21.3. The SMILES string of the molecule is CC(C)C(C)NC(=O)CSc1nnc(CSc2nc3ccccc3s2)n1Cc1ccccc1. The van der Waals surface area contributed by atoms with E-state index in [1.807, 2.05) is 43.3 Å². The molecule has 1 N–H and O–H groups in total. The molecule has 0 aliphatic rings. The van der Waals surface area contributed by atoms with E-state index in [4.69, 9.17) is 4.98 Å². The van der Waals surface area contributed by atoms with Crippen molar-refractivity contribution in [3.63, 3.8) is 0 Å². The number of nitrogens with zero attached hydrogens (tertiary/aromatic N) is 4. The van der Waals surface area contributed by atoms with E-state index in [0.717, 1.165) is 20.8 Å². The first-order chi connectivity index (χ1) is 16.0. The summed E-state index contributed by atoms with van der Waals surface area (Å²) >= 11 is 4.79. The first kappa shape index (κ1) is 23.8. The molecule has 4 rings (SSSR count). The molecule has 33 heavy (non-hydrogen) atoms. The summed E-state index contributed by atoms with van der Waals surface area (Å²) in [5.41, 5.74) is 2.19. The van der Waals surface area contributed by atoms with Crippen LogP contribution in [-0.2, 0) is 17.1 Å². The molecule has 0 bridgehead atoms. The molecule has 0 saturated heterocycles. The number of nitrogens with one attached hydrogen (secondary N) is 1. The minimum Gasteiger partial charge on any atom is -0.353 e. The lowest BCUT2D eigenvalue weighted by Crippen LogP contribution is -2.37. The van der Waals surface area contributed by atoms with Gasteiger partial charge < -0.3 is 9.88 Å². The van der Waals surface area contributed by atoms with Gasteiger partial charge in [0.05, 0.1) is 28.3 Å². The van der Waals surface area contributed by atoms with Crippen LogP contribution in [-0.4, -0.2) is 37.5 Å². The third-order valence-electron chi connectivity index (χ3n) is 5.30. The van der Waals surface area contributed by atoms with E-state index >= 15 is 0 Å². The maximum absolute atomic E-state index is 12.4. The number of amides is 1. The lowest BCUT2D eigenvalue weighted by molar-refractivity contribution is -0.119. The van der Waals surface area contributed by atoms with Crippen LogP contribution >= 0.6 is 34.9 Å². The molecular weight excluding hydrogens is 470 g/mol. The fourth-order valence-corrected chi connectivity index (χ4v) is 5.86. The van der Waals surface area contributed by atoms with Crippen molar-refractivity contribution in [1.29, 1.82) is 0 Å². The Morgan fingerprint density at radius 2 is 1.79 bits per heavy atom. The van der Waals surface area contributed by atoms with E-state index in [1.54, 1.807) is 23.1 Å². The number of benzene rings is 2. The zero-order valence-electron chi connectivity index (χ0n) is 18.9. The standard InChI is InChI=1S/C24H27N5OS3/c1-16(2)17(3)25-22(30)15-31-23-28-27-21(29(23)13-18-9-5-4-6-10-18)14-32-24-26-19-11-7-8-12-20(19)33-24/h4-12,16-17H,13-15H2,1-3H3,(H,25,30). The summed E-state index contributed by atoms with van der Waals surface area (Å²) in [5.74, 6) is 2.26. The second-order valence-corrected chi connectivity index (χ2v) is 11.3. The predicted molar refractivity (Wildman–Crippen MR) is 138 cm³/mol. The molecule has 2 aromatic heterocycles. The Morgan fingerprint density at radius 3 is 2.55 bits per heavy atom. The fourth-order valence-electron chi connectivity index (χ4n) is 3.09. The Hall–Kier alpha value is -2.36. The van der Waals surface area contributed by atoms with Crippen molar-refractivity contribution in [3.8, 4) is 0 Å². The molecule has 6 nitrogen and oxygen atoms in total. The normalized spacial score (nSPS) is 12.4. The minimum absolute atomic E-state index is 0.0147. The van der Waals surface area contributed by atoms with Crippen molar-refractivity contribution in [2.75, 3.05) is 5.75 Å². The van der Waals surface area contributed by atoms with Crippen LogP contribution in [0.2, 0.25) is 0 Å². The van der Waals surface area contributed by atoms with Gasteiger partial charge >= 0.3 is 0 Å². The van der Waals surface area contributed by atoms with E-state index in [-0.39, 0.29) is 11.9 Å². The molecule has 2 heterocycles. The molecule has 0 fully saturated rings. The molecule has 1 amide bonds. The first-order valence-electron chi connectivity index (χ1n) is 10.9. The lowest BCUT2D eigenvalue weighted by atomic mass is 10.1. The van der Waals surface area contributed by atoms with Gasteiger partial charge in [-0.05, 0) is 30.5 Å². The van der Waals surface area contributed by atoms with Crippen molar-refractivity contribution in [3.05, 3.63) is 66.0 Å². The average Bonchev–Trinajstić information content (AvgIpc) is 3.40. The topological polar surface area (TPSA) is 72.7 Å². The van der Waals surface area contributed by atoms with Gasteiger partial charge in [-0.1, -0.05) is 79.8 Å². The van der Waals surface area contributed by atoms with Crippen LogP contribution in [0.5, 0.6) is 0 Å². The van der Waals surface area contributed by atoms with Gasteiger partial charge in [0, 0.05) is 6.04 Å². The van der Waals surface area contributed by atoms with Gasteiger partial charge in [0.1, 0.15) is 5.82 Å². The predicted octanol–water partition coefficient (Wildman–Crippen LogP) is 5.48. The highest BCUT2D eigenvalue weighted by Crippen LogP contribution is 2.32. The highest BCUT2D eigenvalue weighted by Gasteiger charge is 2.17. The number of rotatable bonds is 10. The van der Waals surface area contributed by atoms with Crippen LogP contribution < -0.4 is 5.32 Å². The first-order valence-corrected chi connectivity index (χ1v) is 13.6. The number of thiazole rings is 1. The van der Waals surface area contributed by atoms with Crippen LogP contribution in [0.1, 0.15) is 32.2 Å². The van der Waals surface area contributed by atoms with E-state index in [1.165, 1.54) is 22.0 Å². The fraction of sp³-hybridized carbons (Fsp3) is 0.333. The summed E-state index contributed by atoms with van der Waals surface area (Å²) in [6.45, 7) is 6.90. The number of para-hydroxylation sites is 1. The summed E-state index contributed by atoms with van der Waals surface area (Å²) in [5, 5.41) is 12.7. The lowest BCUT2D eigenvalue weighted by Gasteiger charge is -2.17. The van der Waals surface area contributed by atoms with Crippen LogP contribution in [0.4, 0.5) is 0 Å². The second-order valence-electron chi connectivity index (χ2n) is 8.10. The van der Waals surface area contributed by atoms with Crippen LogP contribution in [0, 0.1) is 5.92 Å². The molecule has 0 saturated carbocycles. The Bertz CT molecular complexity index is 1170. The number of hydrogen-bond donors (Lipinski definition) is 1. The van der Waals surface area contributed by atoms with Gasteiger partial charge in [-0.15, -0.1) is 21.5 Å². The monoisotopic (exact) mass is 497 g/mol. The summed E-state index contributed by atoms with van der Waals surface area (Å²) in [4.78, 5) is 17.1. The second kappa shape index (κ2) is 11.2. The van der Waals surface area contributed by atoms with Gasteiger partial charge in [0.2, 0.25) is 5.91 Å². The molecule has 0 radical (unpaired) electrons. The van der Waals surface area contributed by atoms with Crippen LogP contribution in [0.25, 0.3) is 10.2 Å². The Morgan fingerprint density at radius 1 is 1.03 bits per heavy atom. The van der Waals surface area contributed by atoms with E-state index in [9.17, 15) is 4.79 Å². The molecule has 0 spiro atoms. The number of fused-ring (bicyclic) bond motifs is 1. The molecule has 0 aliphatic heterocycles. The van der Waals surface area contributed by atoms with Gasteiger partial charge in [-0.2, -0.15) is 0 Å². The Kier molecular flexibility index (Phi) is 8.06. The summed E-state index contributed by atoms with van der Waals surface area (Å²) < 4.78 is 4.31. The van der Waals surface area contributed by atoms with Gasteiger partial charge in [-0.3, -0.25) is 4.79 Å². The minimum atomic E-state index is 0.0147. The molecule has 172 valence electrons. The largest absolute Gasteiger partial charge is 0.353 e. The molecule has 9 heteroatoms. The number of carbonyl (C=O) groups is 1. The number of hydrogen-bond acceptors (Lipinski definition) is 7. The van der Waals surface area contributed by atoms with Crippen LogP contribution in [0.15, 0.2) is 64.1 Å². The van der Waals surface area contributed by atoms with Crippen LogP contribution in [0.3, 0.4) is 0 Å². The van der Waals surface area contributed by atoms with Gasteiger partial charge in [-0.25, -0.2) is 4.98 Å². The van der Waals surface area contributed by atoms with Gasteiger partial charge in [0.15, 0.2) is 9.50 Å². The Balaban J connectivity index is 1.48. The van der Waals surface area contributed by atoms with E-state index in [0.29, 0.717) is 24.0 Å². The Labute approximate surface area is 206 Å². The highest BCUT2D eigenvalue weighted by atomic mass is 32.2. The maximum atomic E-state index is 12.4. The highest BCUT2D eigenvalue weighted by molar-refractivity contribution is 8.00. The molecule has 1 unspecified atom stereocenters. The van der Waals surface area contributed by atoms with Crippen molar-refractivity contribution < 1.29 is 4.79 Å². The van der Waals surface area contributed by atoms with Gasteiger partial charge in [0.25, 0.3) is 0 Å². The molecule has 4 aromatic rings. The summed E-state index contributed by atoms with van der Waals surface area (Å²) in [6, 6.07) is 18.6. The number of carbonyl (C=O) groups excluding carboxylic acids is 1. The smallest absolute Gasteiger partial charge is 0.230 e. The molecular formula is C24H27N5OS3. The molecule has 1 atom stereocenters. The molecule has 2 aromatic carbocycles. The number of thioether (sulfide) groups is 2. The van der Waals surface area contributed by atoms with E-state index < -0.39 is 0 Å². The summed E-state index contributed by atoms with van der Waals surface area (Å²) in [7, 11) is 0. The quantitative estimate of drug-likeness (QED) is 0.293. The number of aromatic nitrogens is 4. The summed E-state index contributed by atoms with van der Waals surface area (Å²) in [6.07, 6.45) is 0. The van der Waals surface area contributed by atoms with E-state index in [2.05, 4.69) is 52.1 Å². The van der Waals surface area contributed by atoms with Crippen molar-refractivity contribution in [1.82, 2.24) is 25.1 Å².